The van der Waals surface area contributed by atoms with Gasteiger partial charge in [-0.2, -0.15) is 0 Å². The second kappa shape index (κ2) is 7.56. The molecule has 5 heteroatoms. The zero-order chi connectivity index (χ0) is 17.9. The summed E-state index contributed by atoms with van der Waals surface area (Å²) in [6, 6.07) is 10.4. The summed E-state index contributed by atoms with van der Waals surface area (Å²) >= 11 is 0. The van der Waals surface area contributed by atoms with Gasteiger partial charge in [-0.05, 0) is 31.2 Å². The van der Waals surface area contributed by atoms with Crippen molar-refractivity contribution in [1.29, 1.82) is 0 Å². The lowest BCUT2D eigenvalue weighted by molar-refractivity contribution is -0.179. The van der Waals surface area contributed by atoms with Crippen molar-refractivity contribution in [2.24, 2.45) is 0 Å². The van der Waals surface area contributed by atoms with E-state index in [4.69, 9.17) is 9.47 Å². The van der Waals surface area contributed by atoms with Gasteiger partial charge in [0.2, 0.25) is 5.91 Å². The van der Waals surface area contributed by atoms with E-state index in [2.05, 4.69) is 29.6 Å². The van der Waals surface area contributed by atoms with Crippen molar-refractivity contribution in [3.05, 3.63) is 35.9 Å². The van der Waals surface area contributed by atoms with Gasteiger partial charge in [-0.25, -0.2) is 4.79 Å². The Bertz CT molecular complexity index is 617. The Morgan fingerprint density at radius 1 is 1.12 bits per heavy atom. The minimum atomic E-state index is -1.03. The van der Waals surface area contributed by atoms with Crippen molar-refractivity contribution in [3.63, 3.8) is 0 Å². The molecule has 2 aliphatic rings. The number of benzene rings is 1. The fraction of sp³-hybridized carbons (Fsp3) is 0.600. The number of carbonyl (C=O) groups excluding carboxylic acids is 2. The van der Waals surface area contributed by atoms with E-state index in [0.29, 0.717) is 12.3 Å². The van der Waals surface area contributed by atoms with Crippen LogP contribution < -0.4 is 5.32 Å². The molecule has 5 nitrogen and oxygen atoms in total. The summed E-state index contributed by atoms with van der Waals surface area (Å²) in [5.41, 5.74) is 0.258. The quantitative estimate of drug-likeness (QED) is 0.834. The molecule has 0 radical (unpaired) electrons. The number of amides is 1. The van der Waals surface area contributed by atoms with Crippen molar-refractivity contribution < 1.29 is 19.1 Å². The van der Waals surface area contributed by atoms with Gasteiger partial charge in [0.1, 0.15) is 0 Å². The average molecular weight is 345 g/mol. The normalized spacial score (nSPS) is 31.7. The zero-order valence-corrected chi connectivity index (χ0v) is 15.0. The zero-order valence-electron chi connectivity index (χ0n) is 15.0. The van der Waals surface area contributed by atoms with Gasteiger partial charge < -0.3 is 14.8 Å². The van der Waals surface area contributed by atoms with Crippen LogP contribution in [0.1, 0.15) is 56.9 Å². The molecule has 1 aromatic rings. The Hall–Kier alpha value is -1.88. The van der Waals surface area contributed by atoms with Gasteiger partial charge >= 0.3 is 5.97 Å². The maximum absolute atomic E-state index is 12.3. The standard InChI is InChI=1S/C20H27NO4/c1-14(22)21-20(19(23)24-2)13-12-18(20)25-17-11-7-6-10-16(17)15-8-4-3-5-9-15/h3-5,8-9,16-18H,6-7,10-13H2,1-2H3,(H,21,22)/t16-,17+,18+,20+/m0/s1. The van der Waals surface area contributed by atoms with Gasteiger partial charge in [0, 0.05) is 12.8 Å². The molecule has 0 saturated heterocycles. The molecule has 2 fully saturated rings. The number of methoxy groups -OCH3 is 1. The second-order valence-corrected chi connectivity index (χ2v) is 7.15. The summed E-state index contributed by atoms with van der Waals surface area (Å²) in [6.07, 6.45) is 5.46. The third-order valence-corrected chi connectivity index (χ3v) is 5.57. The summed E-state index contributed by atoms with van der Waals surface area (Å²) in [4.78, 5) is 24.0. The molecular weight excluding hydrogens is 318 g/mol. The van der Waals surface area contributed by atoms with Crippen LogP contribution in [0.2, 0.25) is 0 Å². The van der Waals surface area contributed by atoms with Crippen molar-refractivity contribution >= 4 is 11.9 Å². The largest absolute Gasteiger partial charge is 0.467 e. The Labute approximate surface area is 149 Å². The first-order valence-corrected chi connectivity index (χ1v) is 9.14. The van der Waals surface area contributed by atoms with E-state index in [1.54, 1.807) is 0 Å². The predicted octanol–water partition coefficient (Wildman–Crippen LogP) is 2.94. The Morgan fingerprint density at radius 3 is 2.44 bits per heavy atom. The molecule has 0 aliphatic heterocycles. The highest BCUT2D eigenvalue weighted by molar-refractivity contribution is 5.89. The molecule has 3 rings (SSSR count). The molecule has 0 spiro atoms. The van der Waals surface area contributed by atoms with Crippen molar-refractivity contribution in [2.75, 3.05) is 7.11 Å². The van der Waals surface area contributed by atoms with E-state index in [9.17, 15) is 9.59 Å². The Morgan fingerprint density at radius 2 is 1.84 bits per heavy atom. The van der Waals surface area contributed by atoms with Crippen molar-refractivity contribution in [1.82, 2.24) is 5.32 Å². The molecule has 136 valence electrons. The van der Waals surface area contributed by atoms with Crippen LogP contribution in [0.4, 0.5) is 0 Å². The smallest absolute Gasteiger partial charge is 0.334 e. The van der Waals surface area contributed by atoms with Crippen molar-refractivity contribution in [3.8, 4) is 0 Å². The van der Waals surface area contributed by atoms with Gasteiger partial charge in [-0.15, -0.1) is 0 Å². The van der Waals surface area contributed by atoms with E-state index >= 15 is 0 Å². The molecule has 0 heterocycles. The fourth-order valence-corrected chi connectivity index (χ4v) is 4.21. The summed E-state index contributed by atoms with van der Waals surface area (Å²) in [5, 5.41) is 2.80. The summed E-state index contributed by atoms with van der Waals surface area (Å²) in [5.74, 6) is -0.309. The van der Waals surface area contributed by atoms with Crippen LogP contribution in [0.15, 0.2) is 30.3 Å². The van der Waals surface area contributed by atoms with E-state index in [1.165, 1.54) is 26.0 Å². The Balaban J connectivity index is 1.77. The van der Waals surface area contributed by atoms with Gasteiger partial charge in [-0.1, -0.05) is 43.2 Å². The number of hydrogen-bond acceptors (Lipinski definition) is 4. The number of rotatable bonds is 5. The van der Waals surface area contributed by atoms with Crippen LogP contribution in [0.3, 0.4) is 0 Å². The van der Waals surface area contributed by atoms with E-state index < -0.39 is 11.5 Å². The van der Waals surface area contributed by atoms with E-state index in [0.717, 1.165) is 25.7 Å². The monoisotopic (exact) mass is 345 g/mol. The van der Waals surface area contributed by atoms with Gasteiger partial charge in [0.25, 0.3) is 0 Å². The summed E-state index contributed by atoms with van der Waals surface area (Å²) in [6.45, 7) is 1.42. The molecule has 0 bridgehead atoms. The fourth-order valence-electron chi connectivity index (χ4n) is 4.21. The van der Waals surface area contributed by atoms with E-state index in [-0.39, 0.29) is 18.1 Å². The summed E-state index contributed by atoms with van der Waals surface area (Å²) < 4.78 is 11.4. The molecular formula is C20H27NO4. The molecule has 25 heavy (non-hydrogen) atoms. The molecule has 2 saturated carbocycles. The lowest BCUT2D eigenvalue weighted by atomic mass is 9.72. The van der Waals surface area contributed by atoms with Crippen LogP contribution >= 0.6 is 0 Å². The van der Waals surface area contributed by atoms with Crippen molar-refractivity contribution in [2.45, 2.75) is 69.1 Å². The van der Waals surface area contributed by atoms with Crippen LogP contribution in [-0.2, 0) is 19.1 Å². The topological polar surface area (TPSA) is 64.6 Å². The highest BCUT2D eigenvalue weighted by atomic mass is 16.5. The number of nitrogens with one attached hydrogen (secondary N) is 1. The first-order chi connectivity index (χ1) is 12.1. The van der Waals surface area contributed by atoms with E-state index in [1.807, 2.05) is 6.07 Å². The third kappa shape index (κ3) is 3.56. The van der Waals surface area contributed by atoms with Crippen LogP contribution in [0.25, 0.3) is 0 Å². The van der Waals surface area contributed by atoms with Gasteiger partial charge in [0.05, 0.1) is 19.3 Å². The lowest BCUT2D eigenvalue weighted by Crippen LogP contribution is -2.69. The highest BCUT2D eigenvalue weighted by Crippen LogP contribution is 2.42. The number of ether oxygens (including phenoxy) is 2. The summed E-state index contributed by atoms with van der Waals surface area (Å²) in [7, 11) is 1.36. The third-order valence-electron chi connectivity index (χ3n) is 5.57. The van der Waals surface area contributed by atoms with Crippen LogP contribution in [-0.4, -0.2) is 36.7 Å². The predicted molar refractivity (Wildman–Crippen MR) is 94.1 cm³/mol. The second-order valence-electron chi connectivity index (χ2n) is 7.15. The minimum absolute atomic E-state index is 0.0687. The highest BCUT2D eigenvalue weighted by Gasteiger charge is 2.56. The maximum atomic E-state index is 12.3. The number of esters is 1. The maximum Gasteiger partial charge on any atom is 0.334 e. The Kier molecular flexibility index (Phi) is 5.42. The van der Waals surface area contributed by atoms with Gasteiger partial charge in [0.15, 0.2) is 5.54 Å². The molecule has 2 aliphatic carbocycles. The number of carbonyl (C=O) groups is 2. The van der Waals surface area contributed by atoms with Crippen LogP contribution in [0, 0.1) is 0 Å². The van der Waals surface area contributed by atoms with Gasteiger partial charge in [-0.3, -0.25) is 4.79 Å². The lowest BCUT2D eigenvalue weighted by Gasteiger charge is -2.49. The molecule has 1 amide bonds. The number of hydrogen-bond donors (Lipinski definition) is 1. The molecule has 1 aromatic carbocycles. The first kappa shape index (κ1) is 17.9. The molecule has 1 N–H and O–H groups in total. The average Bonchev–Trinajstić information content (AvgIpc) is 2.63. The van der Waals surface area contributed by atoms with Crippen LogP contribution in [0.5, 0.6) is 0 Å². The SMILES string of the molecule is COC(=O)[C@@]1(NC(C)=O)CC[C@H]1O[C@@H]1CCCC[C@H]1c1ccccc1. The molecule has 0 unspecified atom stereocenters. The minimum Gasteiger partial charge on any atom is -0.467 e. The molecule has 0 aromatic heterocycles. The first-order valence-electron chi connectivity index (χ1n) is 9.14. The molecule has 4 atom stereocenters.